The van der Waals surface area contributed by atoms with E-state index in [2.05, 4.69) is 4.98 Å². The molecule has 0 amide bonds. The molecule has 1 heterocycles. The van der Waals surface area contributed by atoms with E-state index in [0.29, 0.717) is 18.9 Å². The number of hydrogen-bond donors (Lipinski definition) is 1. The molecular formula is C14H17F2N3O. The molecule has 2 aromatic rings. The van der Waals surface area contributed by atoms with E-state index >= 15 is 0 Å². The van der Waals surface area contributed by atoms with E-state index in [4.69, 9.17) is 5.11 Å². The van der Waals surface area contributed by atoms with Gasteiger partial charge in [0.15, 0.2) is 0 Å². The maximum atomic E-state index is 12.8. The van der Waals surface area contributed by atoms with Crippen LogP contribution in [0.4, 0.5) is 8.78 Å². The Morgan fingerprint density at radius 1 is 1.20 bits per heavy atom. The molecule has 1 aromatic heterocycles. The maximum Gasteiger partial charge on any atom is 0.319 e. The molecule has 0 fully saturated rings. The van der Waals surface area contributed by atoms with Crippen LogP contribution in [0, 0.1) is 0 Å². The van der Waals surface area contributed by atoms with Gasteiger partial charge in [0.25, 0.3) is 0 Å². The molecule has 0 aliphatic carbocycles. The Hall–Kier alpha value is -1.79. The van der Waals surface area contributed by atoms with Crippen LogP contribution in [0.25, 0.3) is 0 Å². The fourth-order valence-electron chi connectivity index (χ4n) is 2.04. The summed E-state index contributed by atoms with van der Waals surface area (Å²) in [6, 6.07) is 9.69. The Balaban J connectivity index is 2.07. The highest BCUT2D eigenvalue weighted by Crippen LogP contribution is 2.15. The van der Waals surface area contributed by atoms with Crippen molar-refractivity contribution in [2.24, 2.45) is 0 Å². The molecule has 0 saturated carbocycles. The van der Waals surface area contributed by atoms with Gasteiger partial charge in [-0.05, 0) is 5.56 Å². The minimum absolute atomic E-state index is 0.0256. The number of imidazole rings is 1. The lowest BCUT2D eigenvalue weighted by Crippen LogP contribution is -2.27. The second kappa shape index (κ2) is 7.12. The van der Waals surface area contributed by atoms with Crippen molar-refractivity contribution in [3.05, 3.63) is 54.1 Å². The average Bonchev–Trinajstić information content (AvgIpc) is 2.88. The predicted molar refractivity (Wildman–Crippen MR) is 71.1 cm³/mol. The number of hydrogen-bond acceptors (Lipinski definition) is 3. The minimum Gasteiger partial charge on any atom is -0.395 e. The fraction of sp³-hybridized carbons (Fsp3) is 0.357. The van der Waals surface area contributed by atoms with Gasteiger partial charge in [0.05, 0.1) is 13.2 Å². The summed E-state index contributed by atoms with van der Waals surface area (Å²) >= 11 is 0. The monoisotopic (exact) mass is 281 g/mol. The zero-order chi connectivity index (χ0) is 14.4. The van der Waals surface area contributed by atoms with Crippen LogP contribution in [0.1, 0.15) is 17.9 Å². The maximum absolute atomic E-state index is 12.8. The van der Waals surface area contributed by atoms with Crippen LogP contribution in [0.5, 0.6) is 0 Å². The Kier molecular flexibility index (Phi) is 5.20. The summed E-state index contributed by atoms with van der Waals surface area (Å²) in [6.07, 6.45) is 2.63. The fourth-order valence-corrected chi connectivity index (χ4v) is 2.04. The first-order chi connectivity index (χ1) is 9.70. The van der Waals surface area contributed by atoms with E-state index < -0.39 is 6.55 Å². The van der Waals surface area contributed by atoms with Gasteiger partial charge in [0, 0.05) is 25.5 Å². The summed E-state index contributed by atoms with van der Waals surface area (Å²) in [7, 11) is 0. The molecule has 2 rings (SSSR count). The van der Waals surface area contributed by atoms with E-state index in [1.54, 1.807) is 0 Å². The van der Waals surface area contributed by atoms with Gasteiger partial charge in [-0.2, -0.15) is 8.78 Å². The lowest BCUT2D eigenvalue weighted by molar-refractivity contribution is 0.0629. The van der Waals surface area contributed by atoms with E-state index in [1.165, 1.54) is 12.4 Å². The standard InChI is InChI=1S/C14H17F2N3O/c15-14(16)19-7-6-17-13(19)11-18(8-9-20)10-12-4-2-1-3-5-12/h1-7,14,20H,8-11H2. The third-order valence-electron chi connectivity index (χ3n) is 2.99. The van der Waals surface area contributed by atoms with Gasteiger partial charge < -0.3 is 5.11 Å². The molecule has 0 spiro atoms. The summed E-state index contributed by atoms with van der Waals surface area (Å²) < 4.78 is 26.4. The minimum atomic E-state index is -2.60. The highest BCUT2D eigenvalue weighted by atomic mass is 19.3. The average molecular weight is 281 g/mol. The highest BCUT2D eigenvalue weighted by molar-refractivity contribution is 5.14. The molecule has 4 nitrogen and oxygen atoms in total. The molecule has 0 radical (unpaired) electrons. The third kappa shape index (κ3) is 3.85. The number of aromatic nitrogens is 2. The number of aliphatic hydroxyl groups excluding tert-OH is 1. The Labute approximate surface area is 116 Å². The SMILES string of the molecule is OCCN(Cc1ccccc1)Cc1nccn1C(F)F. The van der Waals surface area contributed by atoms with Crippen LogP contribution in [-0.4, -0.2) is 32.7 Å². The summed E-state index contributed by atoms with van der Waals surface area (Å²) in [5.41, 5.74) is 1.07. The molecule has 0 saturated heterocycles. The van der Waals surface area contributed by atoms with Crippen LogP contribution in [0.15, 0.2) is 42.7 Å². The van der Waals surface area contributed by atoms with Crippen LogP contribution >= 0.6 is 0 Å². The predicted octanol–water partition coefficient (Wildman–Crippen LogP) is 2.27. The normalized spacial score (nSPS) is 11.4. The van der Waals surface area contributed by atoms with Crippen LogP contribution in [0.2, 0.25) is 0 Å². The van der Waals surface area contributed by atoms with Crippen LogP contribution < -0.4 is 0 Å². The van der Waals surface area contributed by atoms with Gasteiger partial charge >= 0.3 is 6.55 Å². The lowest BCUT2D eigenvalue weighted by atomic mass is 10.2. The summed E-state index contributed by atoms with van der Waals surface area (Å²) in [6.45, 7) is -1.36. The molecule has 0 aliphatic rings. The van der Waals surface area contributed by atoms with Crippen molar-refractivity contribution in [1.82, 2.24) is 14.5 Å². The number of nitrogens with zero attached hydrogens (tertiary/aromatic N) is 3. The molecular weight excluding hydrogens is 264 g/mol. The molecule has 0 bridgehead atoms. The second-order valence-corrected chi connectivity index (χ2v) is 4.45. The highest BCUT2D eigenvalue weighted by Gasteiger charge is 2.15. The van der Waals surface area contributed by atoms with Crippen LogP contribution in [-0.2, 0) is 13.1 Å². The number of alkyl halides is 2. The summed E-state index contributed by atoms with van der Waals surface area (Å²) in [5.74, 6) is 0.296. The van der Waals surface area contributed by atoms with Gasteiger partial charge in [-0.1, -0.05) is 30.3 Å². The summed E-state index contributed by atoms with van der Waals surface area (Å²) in [5, 5.41) is 9.10. The number of halogens is 2. The Morgan fingerprint density at radius 3 is 2.60 bits per heavy atom. The van der Waals surface area contributed by atoms with E-state index in [-0.39, 0.29) is 13.2 Å². The third-order valence-corrected chi connectivity index (χ3v) is 2.99. The Bertz CT molecular complexity index is 516. The van der Waals surface area contributed by atoms with Gasteiger partial charge in [0.1, 0.15) is 5.82 Å². The van der Waals surface area contributed by atoms with Crippen molar-refractivity contribution in [3.63, 3.8) is 0 Å². The van der Waals surface area contributed by atoms with Gasteiger partial charge in [-0.3, -0.25) is 9.47 Å². The zero-order valence-corrected chi connectivity index (χ0v) is 11.0. The van der Waals surface area contributed by atoms with Gasteiger partial charge in [-0.25, -0.2) is 4.98 Å². The molecule has 6 heteroatoms. The number of benzene rings is 1. The first kappa shape index (κ1) is 14.6. The molecule has 108 valence electrons. The first-order valence-corrected chi connectivity index (χ1v) is 6.37. The van der Waals surface area contributed by atoms with Crippen molar-refractivity contribution < 1.29 is 13.9 Å². The smallest absolute Gasteiger partial charge is 0.319 e. The van der Waals surface area contributed by atoms with Crippen molar-refractivity contribution >= 4 is 0 Å². The van der Waals surface area contributed by atoms with Crippen molar-refractivity contribution in [2.75, 3.05) is 13.2 Å². The van der Waals surface area contributed by atoms with E-state index in [1.807, 2.05) is 35.2 Å². The van der Waals surface area contributed by atoms with Gasteiger partial charge in [0.2, 0.25) is 0 Å². The van der Waals surface area contributed by atoms with E-state index in [0.717, 1.165) is 10.1 Å². The first-order valence-electron chi connectivity index (χ1n) is 6.37. The van der Waals surface area contributed by atoms with Crippen molar-refractivity contribution in [3.8, 4) is 0 Å². The molecule has 0 unspecified atom stereocenters. The molecule has 20 heavy (non-hydrogen) atoms. The number of rotatable bonds is 7. The second-order valence-electron chi connectivity index (χ2n) is 4.45. The van der Waals surface area contributed by atoms with Crippen molar-refractivity contribution in [2.45, 2.75) is 19.6 Å². The summed E-state index contributed by atoms with van der Waals surface area (Å²) in [4.78, 5) is 5.85. The zero-order valence-electron chi connectivity index (χ0n) is 11.0. The largest absolute Gasteiger partial charge is 0.395 e. The Morgan fingerprint density at radius 2 is 1.95 bits per heavy atom. The van der Waals surface area contributed by atoms with E-state index in [9.17, 15) is 8.78 Å². The van der Waals surface area contributed by atoms with Gasteiger partial charge in [-0.15, -0.1) is 0 Å². The van der Waals surface area contributed by atoms with Crippen molar-refractivity contribution in [1.29, 1.82) is 0 Å². The molecule has 1 N–H and O–H groups in total. The number of aliphatic hydroxyl groups is 1. The molecule has 0 atom stereocenters. The quantitative estimate of drug-likeness (QED) is 0.846. The van der Waals surface area contributed by atoms with Crippen LogP contribution in [0.3, 0.4) is 0 Å². The molecule has 0 aliphatic heterocycles. The molecule has 1 aromatic carbocycles. The lowest BCUT2D eigenvalue weighted by Gasteiger charge is -2.21. The topological polar surface area (TPSA) is 41.3 Å².